The highest BCUT2D eigenvalue weighted by molar-refractivity contribution is 7.21. The van der Waals surface area contributed by atoms with E-state index in [1.807, 2.05) is 19.9 Å². The van der Waals surface area contributed by atoms with E-state index in [1.165, 1.54) is 24.2 Å². The van der Waals surface area contributed by atoms with Gasteiger partial charge in [-0.3, -0.25) is 9.78 Å². The Hall–Kier alpha value is -1.62. The van der Waals surface area contributed by atoms with E-state index < -0.39 is 0 Å². The molecule has 0 aliphatic heterocycles. The largest absolute Gasteiger partial charge is 0.397 e. The van der Waals surface area contributed by atoms with Crippen LogP contribution in [0.3, 0.4) is 0 Å². The van der Waals surface area contributed by atoms with Gasteiger partial charge < -0.3 is 11.1 Å². The van der Waals surface area contributed by atoms with Crippen molar-refractivity contribution in [2.75, 3.05) is 12.3 Å². The van der Waals surface area contributed by atoms with E-state index in [0.29, 0.717) is 16.0 Å². The number of nitrogens with zero attached hydrogens (tertiary/aromatic N) is 1. The van der Waals surface area contributed by atoms with Gasteiger partial charge in [-0.1, -0.05) is 6.92 Å². The highest BCUT2D eigenvalue weighted by Crippen LogP contribution is 2.48. The first-order chi connectivity index (χ1) is 9.96. The molecule has 2 aromatic heterocycles. The molecular formula is C16H21N3OS. The average molecular weight is 303 g/mol. The van der Waals surface area contributed by atoms with Gasteiger partial charge in [0.1, 0.15) is 4.88 Å². The summed E-state index contributed by atoms with van der Waals surface area (Å²) in [6.07, 6.45) is 3.55. The summed E-state index contributed by atoms with van der Waals surface area (Å²) in [4.78, 5) is 17.5. The highest BCUT2D eigenvalue weighted by Gasteiger charge is 2.40. The summed E-state index contributed by atoms with van der Waals surface area (Å²) in [5, 5.41) is 3.98. The number of carbonyl (C=O) groups is 1. The number of nitrogens with two attached hydrogens (primary N) is 1. The zero-order valence-corrected chi connectivity index (χ0v) is 13.6. The van der Waals surface area contributed by atoms with Crippen molar-refractivity contribution in [2.24, 2.45) is 5.41 Å². The number of thiophene rings is 1. The van der Waals surface area contributed by atoms with E-state index >= 15 is 0 Å². The van der Waals surface area contributed by atoms with Crippen molar-refractivity contribution in [2.45, 2.75) is 40.0 Å². The Labute approximate surface area is 128 Å². The van der Waals surface area contributed by atoms with Crippen molar-refractivity contribution in [3.63, 3.8) is 0 Å². The molecule has 0 aromatic carbocycles. The Balaban J connectivity index is 1.88. The lowest BCUT2D eigenvalue weighted by Gasteiger charge is -2.12. The standard InChI is InChI=1S/C16H21N3OS/c1-4-16(5-6-16)8-18-15(20)14-13(17)12-10(3)19-9(2)7-11(12)21-14/h7H,4-6,8,17H2,1-3H3,(H,18,20). The number of amides is 1. The van der Waals surface area contributed by atoms with E-state index in [1.54, 1.807) is 0 Å². The zero-order chi connectivity index (χ0) is 15.2. The molecule has 0 unspecified atom stereocenters. The van der Waals surface area contributed by atoms with Crippen LogP contribution in [0.2, 0.25) is 0 Å². The predicted octanol–water partition coefficient (Wildman–Crippen LogP) is 3.42. The number of pyridine rings is 1. The lowest BCUT2D eigenvalue weighted by Crippen LogP contribution is -2.29. The SMILES string of the molecule is CCC1(CNC(=O)c2sc3cc(C)nc(C)c3c2N)CC1. The number of aromatic nitrogens is 1. The molecule has 0 bridgehead atoms. The van der Waals surface area contributed by atoms with Crippen LogP contribution >= 0.6 is 11.3 Å². The van der Waals surface area contributed by atoms with Crippen LogP contribution in [0, 0.1) is 19.3 Å². The molecule has 0 spiro atoms. The number of aryl methyl sites for hydroxylation is 2. The summed E-state index contributed by atoms with van der Waals surface area (Å²) in [6.45, 7) is 6.84. The molecule has 1 amide bonds. The predicted molar refractivity (Wildman–Crippen MR) is 87.8 cm³/mol. The van der Waals surface area contributed by atoms with Crippen LogP contribution in [0.25, 0.3) is 10.1 Å². The van der Waals surface area contributed by atoms with Crippen LogP contribution in [0.1, 0.15) is 47.2 Å². The Bertz CT molecular complexity index is 716. The Morgan fingerprint density at radius 2 is 2.19 bits per heavy atom. The number of rotatable bonds is 4. The first kappa shape index (κ1) is 14.3. The third kappa shape index (κ3) is 2.50. The zero-order valence-electron chi connectivity index (χ0n) is 12.7. The maximum atomic E-state index is 12.4. The first-order valence-electron chi connectivity index (χ1n) is 7.40. The van der Waals surface area contributed by atoms with Gasteiger partial charge in [0.2, 0.25) is 0 Å². The minimum Gasteiger partial charge on any atom is -0.397 e. The van der Waals surface area contributed by atoms with E-state index in [4.69, 9.17) is 5.73 Å². The maximum Gasteiger partial charge on any atom is 0.263 e. The number of anilines is 1. The van der Waals surface area contributed by atoms with Gasteiger partial charge >= 0.3 is 0 Å². The lowest BCUT2D eigenvalue weighted by molar-refractivity contribution is 0.0949. The van der Waals surface area contributed by atoms with Gasteiger partial charge in [-0.15, -0.1) is 11.3 Å². The molecule has 0 saturated heterocycles. The molecule has 3 N–H and O–H groups in total. The number of hydrogen-bond acceptors (Lipinski definition) is 4. The molecule has 5 heteroatoms. The lowest BCUT2D eigenvalue weighted by atomic mass is 10.0. The summed E-state index contributed by atoms with van der Waals surface area (Å²) in [5.74, 6) is -0.0505. The van der Waals surface area contributed by atoms with Gasteiger partial charge in [-0.2, -0.15) is 0 Å². The van der Waals surface area contributed by atoms with Crippen LogP contribution in [-0.2, 0) is 0 Å². The fourth-order valence-electron chi connectivity index (χ4n) is 2.83. The van der Waals surface area contributed by atoms with E-state index in [2.05, 4.69) is 17.2 Å². The van der Waals surface area contributed by atoms with Crippen molar-refractivity contribution < 1.29 is 4.79 Å². The summed E-state index contributed by atoms with van der Waals surface area (Å²) in [6, 6.07) is 1.99. The molecule has 1 saturated carbocycles. The molecule has 2 heterocycles. The quantitative estimate of drug-likeness (QED) is 0.909. The summed E-state index contributed by atoms with van der Waals surface area (Å²) in [5.41, 5.74) is 8.95. The smallest absolute Gasteiger partial charge is 0.263 e. The van der Waals surface area contributed by atoms with Gasteiger partial charge in [0, 0.05) is 28.0 Å². The Morgan fingerprint density at radius 3 is 2.81 bits per heavy atom. The number of nitrogens with one attached hydrogen (secondary N) is 1. The van der Waals surface area contributed by atoms with Crippen LogP contribution in [0.5, 0.6) is 0 Å². The van der Waals surface area contributed by atoms with Gasteiger partial charge in [-0.05, 0) is 44.6 Å². The van der Waals surface area contributed by atoms with Crippen molar-refractivity contribution in [3.05, 3.63) is 22.3 Å². The number of carbonyl (C=O) groups excluding carboxylic acids is 1. The van der Waals surface area contributed by atoms with Crippen LogP contribution in [0.15, 0.2) is 6.07 Å². The Morgan fingerprint density at radius 1 is 1.48 bits per heavy atom. The third-order valence-electron chi connectivity index (χ3n) is 4.56. The third-order valence-corrected chi connectivity index (χ3v) is 5.71. The topological polar surface area (TPSA) is 68.0 Å². The fourth-order valence-corrected chi connectivity index (χ4v) is 4.01. The molecule has 3 rings (SSSR count). The van der Waals surface area contributed by atoms with E-state index in [0.717, 1.165) is 34.4 Å². The molecule has 1 aliphatic rings. The second-order valence-corrected chi connectivity index (χ2v) is 7.16. The molecule has 0 radical (unpaired) electrons. The van der Waals surface area contributed by atoms with Gasteiger partial charge in [0.05, 0.1) is 5.69 Å². The summed E-state index contributed by atoms with van der Waals surface area (Å²) in [7, 11) is 0. The minimum absolute atomic E-state index is 0.0505. The van der Waals surface area contributed by atoms with Gasteiger partial charge in [0.15, 0.2) is 0 Å². The fraction of sp³-hybridized carbons (Fsp3) is 0.500. The van der Waals surface area contributed by atoms with E-state index in [9.17, 15) is 4.79 Å². The van der Waals surface area contributed by atoms with E-state index in [-0.39, 0.29) is 5.91 Å². The molecule has 2 aromatic rings. The monoisotopic (exact) mass is 303 g/mol. The van der Waals surface area contributed by atoms with Crippen molar-refractivity contribution in [1.29, 1.82) is 0 Å². The van der Waals surface area contributed by atoms with Gasteiger partial charge in [-0.25, -0.2) is 0 Å². The maximum absolute atomic E-state index is 12.4. The average Bonchev–Trinajstić information content (AvgIpc) is 3.14. The van der Waals surface area contributed by atoms with Crippen molar-refractivity contribution in [3.8, 4) is 0 Å². The van der Waals surface area contributed by atoms with Crippen molar-refractivity contribution in [1.82, 2.24) is 10.3 Å². The second-order valence-electron chi connectivity index (χ2n) is 6.10. The molecule has 1 aliphatic carbocycles. The molecule has 4 nitrogen and oxygen atoms in total. The summed E-state index contributed by atoms with van der Waals surface area (Å²) >= 11 is 1.46. The number of hydrogen-bond donors (Lipinski definition) is 2. The van der Waals surface area contributed by atoms with Gasteiger partial charge in [0.25, 0.3) is 5.91 Å². The molecule has 112 valence electrons. The number of nitrogen functional groups attached to an aromatic ring is 1. The normalized spacial score (nSPS) is 16.1. The minimum atomic E-state index is -0.0505. The summed E-state index contributed by atoms with van der Waals surface area (Å²) < 4.78 is 1.04. The van der Waals surface area contributed by atoms with Crippen molar-refractivity contribution >= 4 is 33.0 Å². The van der Waals surface area contributed by atoms with Crippen LogP contribution in [0.4, 0.5) is 5.69 Å². The number of fused-ring (bicyclic) bond motifs is 1. The molecule has 0 atom stereocenters. The van der Waals surface area contributed by atoms with Crippen LogP contribution in [-0.4, -0.2) is 17.4 Å². The molecule has 21 heavy (non-hydrogen) atoms. The molecule has 1 fully saturated rings. The molecular weight excluding hydrogens is 282 g/mol. The second kappa shape index (κ2) is 4.98. The highest BCUT2D eigenvalue weighted by atomic mass is 32.1. The Kier molecular flexibility index (Phi) is 3.40. The van der Waals surface area contributed by atoms with Crippen LogP contribution < -0.4 is 11.1 Å². The first-order valence-corrected chi connectivity index (χ1v) is 8.22.